The monoisotopic (exact) mass is 359 g/mol. The summed E-state index contributed by atoms with van der Waals surface area (Å²) in [4.78, 5) is 25.8. The van der Waals surface area contributed by atoms with Gasteiger partial charge in [-0.05, 0) is 48.9 Å². The van der Waals surface area contributed by atoms with Crippen LogP contribution in [0.25, 0.3) is 0 Å². The Hall–Kier alpha value is -3.09. The summed E-state index contributed by atoms with van der Waals surface area (Å²) >= 11 is 0. The van der Waals surface area contributed by atoms with Gasteiger partial charge in [-0.1, -0.05) is 6.07 Å². The lowest BCUT2D eigenvalue weighted by Gasteiger charge is -2.21. The van der Waals surface area contributed by atoms with Gasteiger partial charge in [-0.2, -0.15) is 0 Å². The van der Waals surface area contributed by atoms with Crippen molar-refractivity contribution in [2.75, 3.05) is 19.9 Å². The molecule has 0 spiro atoms. The average Bonchev–Trinajstić information content (AvgIpc) is 3.12. The van der Waals surface area contributed by atoms with Crippen LogP contribution in [0.15, 0.2) is 42.5 Å². The number of rotatable bonds is 6. The first-order chi connectivity index (χ1) is 12.6. The number of fused-ring (bicyclic) bond motifs is 1. The zero-order valence-corrected chi connectivity index (χ0v) is 14.2. The summed E-state index contributed by atoms with van der Waals surface area (Å²) in [5, 5.41) is 0. The first kappa shape index (κ1) is 17.7. The van der Waals surface area contributed by atoms with Gasteiger partial charge in [-0.15, -0.1) is 0 Å². The third-order valence-electron chi connectivity index (χ3n) is 3.95. The predicted molar refractivity (Wildman–Crippen MR) is 90.3 cm³/mol. The van der Waals surface area contributed by atoms with Crippen molar-refractivity contribution >= 4 is 11.9 Å². The van der Waals surface area contributed by atoms with Gasteiger partial charge < -0.3 is 19.1 Å². The molecule has 0 radical (unpaired) electrons. The van der Waals surface area contributed by atoms with Crippen molar-refractivity contribution in [1.82, 2.24) is 4.90 Å². The second-order valence-electron chi connectivity index (χ2n) is 5.68. The van der Waals surface area contributed by atoms with Crippen LogP contribution in [0, 0.1) is 5.82 Å². The Bertz CT molecular complexity index is 806. The van der Waals surface area contributed by atoms with Gasteiger partial charge in [0.05, 0.1) is 5.56 Å². The molecule has 0 atom stereocenters. The average molecular weight is 359 g/mol. The number of nitrogens with zero attached hydrogens (tertiary/aromatic N) is 1. The van der Waals surface area contributed by atoms with Crippen LogP contribution in [-0.2, 0) is 16.1 Å². The number of amides is 1. The maximum Gasteiger partial charge on any atom is 0.338 e. The van der Waals surface area contributed by atoms with E-state index in [9.17, 15) is 14.0 Å². The minimum atomic E-state index is -0.669. The number of likely N-dealkylation sites (N-methyl/N-ethyl adjacent to an activating group) is 1. The number of hydrogen-bond donors (Lipinski definition) is 0. The van der Waals surface area contributed by atoms with Crippen molar-refractivity contribution in [3.8, 4) is 11.5 Å². The molecular weight excluding hydrogens is 341 g/mol. The highest BCUT2D eigenvalue weighted by Crippen LogP contribution is 2.32. The number of carbonyl (C=O) groups excluding carboxylic acids is 2. The third kappa shape index (κ3) is 4.11. The van der Waals surface area contributed by atoms with E-state index in [0.717, 1.165) is 17.7 Å². The molecule has 3 rings (SSSR count). The summed E-state index contributed by atoms with van der Waals surface area (Å²) in [5.74, 6) is -0.110. The fourth-order valence-electron chi connectivity index (χ4n) is 2.52. The zero-order valence-electron chi connectivity index (χ0n) is 14.2. The van der Waals surface area contributed by atoms with Crippen LogP contribution in [0.3, 0.4) is 0 Å². The van der Waals surface area contributed by atoms with E-state index in [1.165, 1.54) is 12.1 Å². The fourth-order valence-corrected chi connectivity index (χ4v) is 2.52. The summed E-state index contributed by atoms with van der Waals surface area (Å²) in [6.45, 7) is 2.47. The van der Waals surface area contributed by atoms with Crippen LogP contribution in [0.2, 0.25) is 0 Å². The van der Waals surface area contributed by atoms with Crippen molar-refractivity contribution in [2.24, 2.45) is 0 Å². The Balaban J connectivity index is 1.56. The van der Waals surface area contributed by atoms with E-state index in [4.69, 9.17) is 14.2 Å². The summed E-state index contributed by atoms with van der Waals surface area (Å²) < 4.78 is 28.5. The second kappa shape index (κ2) is 7.86. The molecular formula is C19H18FNO5. The van der Waals surface area contributed by atoms with Gasteiger partial charge in [-0.25, -0.2) is 9.18 Å². The molecule has 0 aliphatic carbocycles. The molecule has 0 N–H and O–H groups in total. The molecule has 0 fully saturated rings. The second-order valence-corrected chi connectivity index (χ2v) is 5.68. The predicted octanol–water partition coefficient (Wildman–Crippen LogP) is 2.76. The fraction of sp³-hybridized carbons (Fsp3) is 0.263. The Morgan fingerprint density at radius 2 is 1.85 bits per heavy atom. The van der Waals surface area contributed by atoms with E-state index in [1.807, 2.05) is 19.1 Å². The van der Waals surface area contributed by atoms with Crippen LogP contribution in [0.4, 0.5) is 4.39 Å². The van der Waals surface area contributed by atoms with Gasteiger partial charge in [0, 0.05) is 13.1 Å². The van der Waals surface area contributed by atoms with E-state index >= 15 is 0 Å². The number of carbonyl (C=O) groups is 2. The SMILES string of the molecule is CCN(Cc1ccc2c(c1)OCO2)C(=O)COC(=O)c1ccc(F)cc1. The maximum absolute atomic E-state index is 12.9. The standard InChI is InChI=1S/C19H18FNO5/c1-2-21(10-13-3-8-16-17(9-13)26-12-25-16)18(22)11-24-19(23)14-4-6-15(20)7-5-14/h3-9H,2,10-12H2,1H3. The lowest BCUT2D eigenvalue weighted by atomic mass is 10.2. The summed E-state index contributed by atoms with van der Waals surface area (Å²) in [5.41, 5.74) is 1.08. The number of benzene rings is 2. The topological polar surface area (TPSA) is 65.1 Å². The molecule has 1 amide bonds. The van der Waals surface area contributed by atoms with Gasteiger partial charge in [0.2, 0.25) is 6.79 Å². The normalized spacial score (nSPS) is 11.9. The lowest BCUT2D eigenvalue weighted by Crippen LogP contribution is -2.34. The Morgan fingerprint density at radius 3 is 2.58 bits per heavy atom. The molecule has 26 heavy (non-hydrogen) atoms. The lowest BCUT2D eigenvalue weighted by molar-refractivity contribution is -0.134. The van der Waals surface area contributed by atoms with Crippen LogP contribution >= 0.6 is 0 Å². The van der Waals surface area contributed by atoms with Gasteiger partial charge in [0.1, 0.15) is 5.82 Å². The van der Waals surface area contributed by atoms with E-state index < -0.39 is 11.8 Å². The van der Waals surface area contributed by atoms with E-state index in [1.54, 1.807) is 11.0 Å². The van der Waals surface area contributed by atoms with Crippen LogP contribution < -0.4 is 9.47 Å². The highest BCUT2D eigenvalue weighted by atomic mass is 19.1. The minimum Gasteiger partial charge on any atom is -0.454 e. The van der Waals surface area contributed by atoms with Crippen LogP contribution in [0.1, 0.15) is 22.8 Å². The van der Waals surface area contributed by atoms with Gasteiger partial charge in [0.25, 0.3) is 5.91 Å². The van der Waals surface area contributed by atoms with Crippen molar-refractivity contribution in [1.29, 1.82) is 0 Å². The molecule has 0 aromatic heterocycles. The highest BCUT2D eigenvalue weighted by Gasteiger charge is 2.18. The highest BCUT2D eigenvalue weighted by molar-refractivity contribution is 5.91. The van der Waals surface area contributed by atoms with E-state index in [0.29, 0.717) is 24.6 Å². The molecule has 7 heteroatoms. The smallest absolute Gasteiger partial charge is 0.338 e. The molecule has 0 unspecified atom stereocenters. The summed E-state index contributed by atoms with van der Waals surface area (Å²) in [6, 6.07) is 10.4. The maximum atomic E-state index is 12.9. The van der Waals surface area contributed by atoms with Crippen molar-refractivity contribution < 1.29 is 28.2 Å². The van der Waals surface area contributed by atoms with E-state index in [2.05, 4.69) is 0 Å². The first-order valence-electron chi connectivity index (χ1n) is 8.16. The van der Waals surface area contributed by atoms with Crippen LogP contribution in [-0.4, -0.2) is 36.7 Å². The third-order valence-corrected chi connectivity index (χ3v) is 3.95. The van der Waals surface area contributed by atoms with Gasteiger partial charge in [0.15, 0.2) is 18.1 Å². The van der Waals surface area contributed by atoms with Crippen molar-refractivity contribution in [2.45, 2.75) is 13.5 Å². The Kier molecular flexibility index (Phi) is 5.36. The number of halogens is 1. The molecule has 2 aromatic rings. The summed E-state index contributed by atoms with van der Waals surface area (Å²) in [6.07, 6.45) is 0. The molecule has 0 bridgehead atoms. The summed E-state index contributed by atoms with van der Waals surface area (Å²) in [7, 11) is 0. The van der Waals surface area contributed by atoms with Gasteiger partial charge >= 0.3 is 5.97 Å². The minimum absolute atomic E-state index is 0.189. The molecule has 1 aliphatic rings. The largest absolute Gasteiger partial charge is 0.454 e. The quantitative estimate of drug-likeness (QED) is 0.742. The van der Waals surface area contributed by atoms with Crippen LogP contribution in [0.5, 0.6) is 11.5 Å². The first-order valence-corrected chi connectivity index (χ1v) is 8.16. The Labute approximate surface area is 150 Å². The molecule has 0 saturated carbocycles. The number of ether oxygens (including phenoxy) is 3. The Morgan fingerprint density at radius 1 is 1.12 bits per heavy atom. The van der Waals surface area contributed by atoms with Crippen molar-refractivity contribution in [3.63, 3.8) is 0 Å². The van der Waals surface area contributed by atoms with E-state index in [-0.39, 0.29) is 24.9 Å². The molecule has 0 saturated heterocycles. The molecule has 1 aliphatic heterocycles. The number of hydrogen-bond acceptors (Lipinski definition) is 5. The molecule has 2 aromatic carbocycles. The molecule has 6 nitrogen and oxygen atoms in total. The van der Waals surface area contributed by atoms with Gasteiger partial charge in [-0.3, -0.25) is 4.79 Å². The van der Waals surface area contributed by atoms with Crippen molar-refractivity contribution in [3.05, 3.63) is 59.4 Å². The zero-order chi connectivity index (χ0) is 18.5. The number of esters is 1. The molecule has 1 heterocycles. The molecule has 136 valence electrons.